The van der Waals surface area contributed by atoms with Gasteiger partial charge in [-0.2, -0.15) is 0 Å². The molecule has 2 aromatic carbocycles. The third-order valence-electron chi connectivity index (χ3n) is 2.83. The summed E-state index contributed by atoms with van der Waals surface area (Å²) in [6.07, 6.45) is -0.201. The molecule has 0 spiro atoms. The van der Waals surface area contributed by atoms with Crippen molar-refractivity contribution in [1.82, 2.24) is 0 Å². The highest BCUT2D eigenvalue weighted by molar-refractivity contribution is 6.31. The van der Waals surface area contributed by atoms with Gasteiger partial charge in [0.05, 0.1) is 12.7 Å². The summed E-state index contributed by atoms with van der Waals surface area (Å²) in [4.78, 5) is 12.2. The Morgan fingerprint density at radius 3 is 2.70 bits per heavy atom. The molecule has 0 aliphatic carbocycles. The van der Waals surface area contributed by atoms with Gasteiger partial charge in [-0.25, -0.2) is 8.78 Å². The Kier molecular flexibility index (Phi) is 4.35. The van der Waals surface area contributed by atoms with Crippen molar-refractivity contribution in [2.75, 3.05) is 7.11 Å². The third kappa shape index (κ3) is 2.96. The van der Waals surface area contributed by atoms with Crippen LogP contribution in [0.25, 0.3) is 0 Å². The number of carbonyl (C=O) groups excluding carboxylic acids is 1. The molecule has 0 aromatic heterocycles. The minimum Gasteiger partial charge on any atom is -0.496 e. The minimum absolute atomic E-state index is 0.141. The van der Waals surface area contributed by atoms with Gasteiger partial charge in [0, 0.05) is 11.4 Å². The summed E-state index contributed by atoms with van der Waals surface area (Å²) in [6.45, 7) is 0. The number of halogens is 3. The van der Waals surface area contributed by atoms with Crippen molar-refractivity contribution in [3.05, 3.63) is 64.2 Å². The Morgan fingerprint density at radius 2 is 2.00 bits per heavy atom. The standard InChI is InChI=1S/C15H11ClF2O2/c1-20-14-4-2-3-12(18)15(14)13(19)8-9-7-10(17)5-6-11(9)16/h2-7H,8H2,1H3. The predicted octanol–water partition coefficient (Wildman–Crippen LogP) is 4.05. The van der Waals surface area contributed by atoms with Crippen LogP contribution >= 0.6 is 11.6 Å². The summed E-state index contributed by atoms with van der Waals surface area (Å²) < 4.78 is 31.9. The number of Topliss-reactive ketones (excluding diaryl/α,β-unsaturated/α-hetero) is 1. The molecule has 0 atom stereocenters. The van der Waals surface area contributed by atoms with Crippen LogP contribution in [0.4, 0.5) is 8.78 Å². The van der Waals surface area contributed by atoms with Crippen LogP contribution in [-0.2, 0) is 6.42 Å². The summed E-state index contributed by atoms with van der Waals surface area (Å²) in [7, 11) is 1.35. The lowest BCUT2D eigenvalue weighted by atomic mass is 10.0. The highest BCUT2D eigenvalue weighted by Gasteiger charge is 2.19. The number of hydrogen-bond acceptors (Lipinski definition) is 2. The fourth-order valence-corrected chi connectivity index (χ4v) is 2.07. The lowest BCUT2D eigenvalue weighted by Gasteiger charge is -2.09. The molecular weight excluding hydrogens is 286 g/mol. The lowest BCUT2D eigenvalue weighted by molar-refractivity contribution is 0.0986. The SMILES string of the molecule is COc1cccc(F)c1C(=O)Cc1cc(F)ccc1Cl. The van der Waals surface area contributed by atoms with Crippen LogP contribution in [-0.4, -0.2) is 12.9 Å². The molecule has 0 saturated carbocycles. The maximum atomic E-state index is 13.8. The van der Waals surface area contributed by atoms with E-state index in [0.717, 1.165) is 6.07 Å². The van der Waals surface area contributed by atoms with Crippen molar-refractivity contribution < 1.29 is 18.3 Å². The van der Waals surface area contributed by atoms with Gasteiger partial charge in [-0.3, -0.25) is 4.79 Å². The highest BCUT2D eigenvalue weighted by atomic mass is 35.5. The molecule has 5 heteroatoms. The zero-order valence-corrected chi connectivity index (χ0v) is 11.4. The fourth-order valence-electron chi connectivity index (χ4n) is 1.89. The third-order valence-corrected chi connectivity index (χ3v) is 3.20. The number of hydrogen-bond donors (Lipinski definition) is 0. The largest absolute Gasteiger partial charge is 0.496 e. The van der Waals surface area contributed by atoms with E-state index in [1.807, 2.05) is 0 Å². The molecule has 0 aliphatic rings. The minimum atomic E-state index is -0.679. The summed E-state index contributed by atoms with van der Waals surface area (Å²) in [5, 5.41) is 0.259. The van der Waals surface area contributed by atoms with Crippen LogP contribution < -0.4 is 4.74 Å². The Balaban J connectivity index is 2.36. The second-order valence-electron chi connectivity index (χ2n) is 4.15. The van der Waals surface area contributed by atoms with Gasteiger partial charge >= 0.3 is 0 Å². The first-order chi connectivity index (χ1) is 9.52. The second kappa shape index (κ2) is 6.01. The topological polar surface area (TPSA) is 26.3 Å². The Labute approximate surface area is 119 Å². The quantitative estimate of drug-likeness (QED) is 0.796. The van der Waals surface area contributed by atoms with Gasteiger partial charge in [0.25, 0.3) is 0 Å². The van der Waals surface area contributed by atoms with Crippen molar-refractivity contribution in [2.24, 2.45) is 0 Å². The summed E-state index contributed by atoms with van der Waals surface area (Å²) in [6, 6.07) is 7.82. The number of ether oxygens (including phenoxy) is 1. The molecule has 2 nitrogen and oxygen atoms in total. The molecule has 20 heavy (non-hydrogen) atoms. The van der Waals surface area contributed by atoms with Gasteiger partial charge in [-0.15, -0.1) is 0 Å². The molecule has 0 bridgehead atoms. The molecule has 104 valence electrons. The van der Waals surface area contributed by atoms with E-state index < -0.39 is 17.4 Å². The van der Waals surface area contributed by atoms with Crippen LogP contribution in [0.15, 0.2) is 36.4 Å². The number of methoxy groups -OCH3 is 1. The highest BCUT2D eigenvalue weighted by Crippen LogP contribution is 2.25. The van der Waals surface area contributed by atoms with E-state index in [2.05, 4.69) is 0 Å². The zero-order chi connectivity index (χ0) is 14.7. The molecule has 0 radical (unpaired) electrons. The molecule has 0 saturated heterocycles. The Morgan fingerprint density at radius 1 is 1.25 bits per heavy atom. The molecule has 0 amide bonds. The molecule has 0 fully saturated rings. The number of rotatable bonds is 4. The van der Waals surface area contributed by atoms with E-state index in [0.29, 0.717) is 5.56 Å². The Hall–Kier alpha value is -1.94. The maximum Gasteiger partial charge on any atom is 0.173 e. The average Bonchev–Trinajstić information content (AvgIpc) is 2.42. The van der Waals surface area contributed by atoms with Crippen molar-refractivity contribution >= 4 is 17.4 Å². The van der Waals surface area contributed by atoms with E-state index in [1.165, 1.54) is 37.4 Å². The monoisotopic (exact) mass is 296 g/mol. The summed E-state index contributed by atoms with van der Waals surface area (Å²) in [5.74, 6) is -1.56. The van der Waals surface area contributed by atoms with E-state index in [4.69, 9.17) is 16.3 Å². The molecule has 0 heterocycles. The Bertz CT molecular complexity index is 656. The van der Waals surface area contributed by atoms with Gasteiger partial charge in [0.1, 0.15) is 17.4 Å². The van der Waals surface area contributed by atoms with Crippen LogP contribution in [0.5, 0.6) is 5.75 Å². The molecular formula is C15H11ClF2O2. The van der Waals surface area contributed by atoms with Gasteiger partial charge in [0.15, 0.2) is 5.78 Å². The molecule has 0 aliphatic heterocycles. The first kappa shape index (κ1) is 14.5. The fraction of sp³-hybridized carbons (Fsp3) is 0.133. The van der Waals surface area contributed by atoms with Crippen molar-refractivity contribution in [2.45, 2.75) is 6.42 Å². The number of carbonyl (C=O) groups is 1. The molecule has 2 rings (SSSR count). The number of benzene rings is 2. The molecule has 2 aromatic rings. The first-order valence-corrected chi connectivity index (χ1v) is 6.20. The zero-order valence-electron chi connectivity index (χ0n) is 10.6. The normalized spacial score (nSPS) is 10.4. The van der Waals surface area contributed by atoms with Crippen molar-refractivity contribution in [3.8, 4) is 5.75 Å². The first-order valence-electron chi connectivity index (χ1n) is 5.82. The van der Waals surface area contributed by atoms with Crippen LogP contribution in [0, 0.1) is 11.6 Å². The van der Waals surface area contributed by atoms with Crippen molar-refractivity contribution in [3.63, 3.8) is 0 Å². The van der Waals surface area contributed by atoms with Gasteiger partial charge < -0.3 is 4.74 Å². The smallest absolute Gasteiger partial charge is 0.173 e. The van der Waals surface area contributed by atoms with Gasteiger partial charge in [0.2, 0.25) is 0 Å². The van der Waals surface area contributed by atoms with Crippen LogP contribution in [0.1, 0.15) is 15.9 Å². The summed E-state index contributed by atoms with van der Waals surface area (Å²) >= 11 is 5.90. The lowest BCUT2D eigenvalue weighted by Crippen LogP contribution is -2.09. The maximum absolute atomic E-state index is 13.8. The number of ketones is 1. The predicted molar refractivity (Wildman–Crippen MR) is 72.4 cm³/mol. The molecule has 0 N–H and O–H groups in total. The molecule has 0 unspecified atom stereocenters. The average molecular weight is 297 g/mol. The second-order valence-corrected chi connectivity index (χ2v) is 4.56. The van der Waals surface area contributed by atoms with Gasteiger partial charge in [-0.05, 0) is 35.9 Å². The van der Waals surface area contributed by atoms with E-state index in [1.54, 1.807) is 0 Å². The van der Waals surface area contributed by atoms with E-state index in [-0.39, 0.29) is 22.8 Å². The van der Waals surface area contributed by atoms with E-state index in [9.17, 15) is 13.6 Å². The van der Waals surface area contributed by atoms with Crippen LogP contribution in [0.2, 0.25) is 5.02 Å². The summed E-state index contributed by atoms with van der Waals surface area (Å²) in [5.41, 5.74) is 0.150. The van der Waals surface area contributed by atoms with Gasteiger partial charge in [-0.1, -0.05) is 17.7 Å². The van der Waals surface area contributed by atoms with Crippen LogP contribution in [0.3, 0.4) is 0 Å². The van der Waals surface area contributed by atoms with Crippen molar-refractivity contribution in [1.29, 1.82) is 0 Å². The van der Waals surface area contributed by atoms with E-state index >= 15 is 0 Å².